The molecule has 2 aromatic carbocycles. The third-order valence-corrected chi connectivity index (χ3v) is 4.72. The van der Waals surface area contributed by atoms with Crippen molar-refractivity contribution in [1.82, 2.24) is 0 Å². The van der Waals surface area contributed by atoms with Crippen LogP contribution in [-0.4, -0.2) is 19.1 Å². The van der Waals surface area contributed by atoms with Crippen LogP contribution in [0.5, 0.6) is 0 Å². The lowest BCUT2D eigenvalue weighted by Crippen LogP contribution is -2.32. The van der Waals surface area contributed by atoms with E-state index < -0.39 is 17.8 Å². The van der Waals surface area contributed by atoms with E-state index in [1.807, 2.05) is 12.1 Å². The standard InChI is InChI=1S/C20H22F3N3O/c1-14-9-11-26(12-10-14)18-7-5-16(6-8-18)24-19(27)25-17-4-2-3-15(13-17)20(21,22)23/h2-8,13-14H,9-12H2,1H3,(H2,24,25,27). The van der Waals surface area contributed by atoms with Gasteiger partial charge in [-0.15, -0.1) is 0 Å². The number of piperidine rings is 1. The van der Waals surface area contributed by atoms with Crippen LogP contribution in [0.3, 0.4) is 0 Å². The molecule has 0 unspecified atom stereocenters. The van der Waals surface area contributed by atoms with E-state index in [4.69, 9.17) is 0 Å². The average Bonchev–Trinajstić information content (AvgIpc) is 2.62. The molecular formula is C20H22F3N3O. The smallest absolute Gasteiger partial charge is 0.372 e. The molecule has 0 bridgehead atoms. The maximum atomic E-state index is 12.7. The normalized spacial score (nSPS) is 15.5. The van der Waals surface area contributed by atoms with Crippen LogP contribution in [0.25, 0.3) is 0 Å². The van der Waals surface area contributed by atoms with Gasteiger partial charge in [-0.3, -0.25) is 0 Å². The van der Waals surface area contributed by atoms with Crippen molar-refractivity contribution in [2.24, 2.45) is 5.92 Å². The van der Waals surface area contributed by atoms with E-state index in [0.717, 1.165) is 36.8 Å². The summed E-state index contributed by atoms with van der Waals surface area (Å²) < 4.78 is 38.2. The molecule has 0 aromatic heterocycles. The number of nitrogens with one attached hydrogen (secondary N) is 2. The van der Waals surface area contributed by atoms with Crippen LogP contribution in [0, 0.1) is 5.92 Å². The van der Waals surface area contributed by atoms with E-state index >= 15 is 0 Å². The minimum absolute atomic E-state index is 0.0846. The van der Waals surface area contributed by atoms with Gasteiger partial charge in [0.05, 0.1) is 5.56 Å². The van der Waals surface area contributed by atoms with Crippen molar-refractivity contribution in [2.75, 3.05) is 28.6 Å². The van der Waals surface area contributed by atoms with Gasteiger partial charge in [0.2, 0.25) is 0 Å². The second-order valence-corrected chi connectivity index (χ2v) is 6.87. The fraction of sp³-hybridized carbons (Fsp3) is 0.350. The van der Waals surface area contributed by atoms with Gasteiger partial charge < -0.3 is 15.5 Å². The van der Waals surface area contributed by atoms with Crippen LogP contribution in [0.1, 0.15) is 25.3 Å². The summed E-state index contributed by atoms with van der Waals surface area (Å²) >= 11 is 0. The number of nitrogens with zero attached hydrogens (tertiary/aromatic N) is 1. The first kappa shape index (κ1) is 19.1. The van der Waals surface area contributed by atoms with E-state index in [9.17, 15) is 18.0 Å². The fourth-order valence-electron chi connectivity index (χ4n) is 3.09. The lowest BCUT2D eigenvalue weighted by molar-refractivity contribution is -0.137. The molecule has 2 amide bonds. The Morgan fingerprint density at radius 1 is 1.00 bits per heavy atom. The van der Waals surface area contributed by atoms with Crippen molar-refractivity contribution in [3.8, 4) is 0 Å². The molecule has 2 aromatic rings. The Morgan fingerprint density at radius 2 is 1.63 bits per heavy atom. The van der Waals surface area contributed by atoms with Gasteiger partial charge >= 0.3 is 12.2 Å². The van der Waals surface area contributed by atoms with Gasteiger partial charge in [0.25, 0.3) is 0 Å². The number of hydrogen-bond acceptors (Lipinski definition) is 2. The van der Waals surface area contributed by atoms with Crippen LogP contribution in [0.2, 0.25) is 0 Å². The fourth-order valence-corrected chi connectivity index (χ4v) is 3.09. The Morgan fingerprint density at radius 3 is 2.26 bits per heavy atom. The highest BCUT2D eigenvalue weighted by atomic mass is 19.4. The van der Waals surface area contributed by atoms with Crippen LogP contribution >= 0.6 is 0 Å². The van der Waals surface area contributed by atoms with Crippen molar-refractivity contribution < 1.29 is 18.0 Å². The summed E-state index contributed by atoms with van der Waals surface area (Å²) in [6.45, 7) is 4.29. The number of benzene rings is 2. The second-order valence-electron chi connectivity index (χ2n) is 6.87. The number of carbonyl (C=O) groups is 1. The van der Waals surface area contributed by atoms with Crippen LogP contribution in [0.15, 0.2) is 48.5 Å². The predicted octanol–water partition coefficient (Wildman–Crippen LogP) is 5.59. The van der Waals surface area contributed by atoms with Gasteiger partial charge in [0.1, 0.15) is 0 Å². The third-order valence-electron chi connectivity index (χ3n) is 4.72. The zero-order chi connectivity index (χ0) is 19.4. The molecule has 27 heavy (non-hydrogen) atoms. The van der Waals surface area contributed by atoms with E-state index in [1.165, 1.54) is 25.0 Å². The van der Waals surface area contributed by atoms with Crippen molar-refractivity contribution in [3.63, 3.8) is 0 Å². The molecule has 3 rings (SSSR count). The molecule has 144 valence electrons. The molecule has 1 fully saturated rings. The summed E-state index contributed by atoms with van der Waals surface area (Å²) in [5.74, 6) is 0.752. The van der Waals surface area contributed by atoms with Crippen LogP contribution < -0.4 is 15.5 Å². The molecule has 0 radical (unpaired) electrons. The molecular weight excluding hydrogens is 355 g/mol. The summed E-state index contributed by atoms with van der Waals surface area (Å²) in [6.07, 6.45) is -2.12. The molecule has 1 saturated heterocycles. The van der Waals surface area contributed by atoms with Gasteiger partial charge in [0, 0.05) is 30.2 Å². The van der Waals surface area contributed by atoms with E-state index in [-0.39, 0.29) is 5.69 Å². The Balaban J connectivity index is 1.58. The predicted molar refractivity (Wildman–Crippen MR) is 101 cm³/mol. The van der Waals surface area contributed by atoms with E-state index in [2.05, 4.69) is 22.5 Å². The maximum Gasteiger partial charge on any atom is 0.416 e. The van der Waals surface area contributed by atoms with Crippen molar-refractivity contribution in [2.45, 2.75) is 25.9 Å². The number of halogens is 3. The van der Waals surface area contributed by atoms with Gasteiger partial charge in [-0.25, -0.2) is 4.79 Å². The second kappa shape index (κ2) is 7.90. The van der Waals surface area contributed by atoms with Crippen molar-refractivity contribution >= 4 is 23.1 Å². The Bertz CT molecular complexity index is 782. The molecule has 7 heteroatoms. The highest BCUT2D eigenvalue weighted by Crippen LogP contribution is 2.30. The molecule has 0 saturated carbocycles. The first-order valence-electron chi connectivity index (χ1n) is 8.91. The number of hydrogen-bond donors (Lipinski definition) is 2. The van der Waals surface area contributed by atoms with Crippen LogP contribution in [-0.2, 0) is 6.18 Å². The highest BCUT2D eigenvalue weighted by molar-refractivity contribution is 5.99. The SMILES string of the molecule is CC1CCN(c2ccc(NC(=O)Nc3cccc(C(F)(F)F)c3)cc2)CC1. The molecule has 4 nitrogen and oxygen atoms in total. The summed E-state index contributed by atoms with van der Waals surface area (Å²) in [5.41, 5.74) is 0.959. The Labute approximate surface area is 156 Å². The van der Waals surface area contributed by atoms with Gasteiger partial charge in [-0.1, -0.05) is 13.0 Å². The largest absolute Gasteiger partial charge is 0.416 e. The number of rotatable bonds is 3. The zero-order valence-corrected chi connectivity index (χ0v) is 15.0. The number of urea groups is 1. The summed E-state index contributed by atoms with van der Waals surface area (Å²) in [4.78, 5) is 14.4. The first-order chi connectivity index (χ1) is 12.8. The van der Waals surface area contributed by atoms with Crippen molar-refractivity contribution in [1.29, 1.82) is 0 Å². The molecule has 0 spiro atoms. The minimum Gasteiger partial charge on any atom is -0.372 e. The zero-order valence-electron chi connectivity index (χ0n) is 15.0. The topological polar surface area (TPSA) is 44.4 Å². The first-order valence-corrected chi connectivity index (χ1v) is 8.91. The van der Waals surface area contributed by atoms with E-state index in [1.54, 1.807) is 12.1 Å². The summed E-state index contributed by atoms with van der Waals surface area (Å²) in [7, 11) is 0. The average molecular weight is 377 g/mol. The summed E-state index contributed by atoms with van der Waals surface area (Å²) in [5, 5.41) is 5.06. The van der Waals surface area contributed by atoms with Crippen molar-refractivity contribution in [3.05, 3.63) is 54.1 Å². The molecule has 1 aliphatic heterocycles. The molecule has 1 aliphatic rings. The Kier molecular flexibility index (Phi) is 5.58. The Hall–Kier alpha value is -2.70. The van der Waals surface area contributed by atoms with Gasteiger partial charge in [-0.2, -0.15) is 13.2 Å². The molecule has 2 N–H and O–H groups in total. The van der Waals surface area contributed by atoms with Crippen LogP contribution in [0.4, 0.5) is 35.0 Å². The number of anilines is 3. The van der Waals surface area contributed by atoms with Gasteiger partial charge in [-0.05, 0) is 61.2 Å². The number of alkyl halides is 3. The third kappa shape index (κ3) is 5.15. The molecule has 0 aliphatic carbocycles. The molecule has 1 heterocycles. The minimum atomic E-state index is -4.45. The summed E-state index contributed by atoms with van der Waals surface area (Å²) in [6, 6.07) is 11.4. The molecule has 0 atom stereocenters. The lowest BCUT2D eigenvalue weighted by Gasteiger charge is -2.32. The van der Waals surface area contributed by atoms with E-state index in [0.29, 0.717) is 5.69 Å². The number of amides is 2. The van der Waals surface area contributed by atoms with Gasteiger partial charge in [0.15, 0.2) is 0 Å². The monoisotopic (exact) mass is 377 g/mol. The quantitative estimate of drug-likeness (QED) is 0.733. The number of carbonyl (C=O) groups excluding carboxylic acids is 1. The lowest BCUT2D eigenvalue weighted by atomic mass is 9.99. The maximum absolute atomic E-state index is 12.7. The highest BCUT2D eigenvalue weighted by Gasteiger charge is 2.30.